The van der Waals surface area contributed by atoms with Gasteiger partial charge in [-0.1, -0.05) is 6.92 Å². The van der Waals surface area contributed by atoms with E-state index in [1.54, 1.807) is 12.3 Å². The lowest BCUT2D eigenvalue weighted by Crippen LogP contribution is -2.37. The number of hydrogen-bond acceptors (Lipinski definition) is 8. The first kappa shape index (κ1) is 24.5. The summed E-state index contributed by atoms with van der Waals surface area (Å²) in [7, 11) is -3.54. The Labute approximate surface area is 202 Å². The summed E-state index contributed by atoms with van der Waals surface area (Å²) in [4.78, 5) is 29.5. The monoisotopic (exact) mass is 500 g/mol. The molecule has 0 saturated heterocycles. The molecule has 1 amide bonds. The summed E-state index contributed by atoms with van der Waals surface area (Å²) in [5.74, 6) is -0.455. The third kappa shape index (κ3) is 5.53. The molecule has 0 bridgehead atoms. The molecule has 1 aliphatic carbocycles. The molecular weight excluding hydrogens is 475 g/mol. The Morgan fingerprint density at radius 2 is 1.97 bits per heavy atom. The number of sulfonamides is 1. The second-order valence-electron chi connectivity index (χ2n) is 7.99. The number of pyridine rings is 2. The zero-order chi connectivity index (χ0) is 25.1. The first-order valence-corrected chi connectivity index (χ1v) is 12.7. The van der Waals surface area contributed by atoms with Gasteiger partial charge in [0.05, 0.1) is 41.3 Å². The van der Waals surface area contributed by atoms with E-state index < -0.39 is 26.8 Å². The number of anilines is 2. The summed E-state index contributed by atoms with van der Waals surface area (Å²) in [6, 6.07) is 5.84. The van der Waals surface area contributed by atoms with E-state index in [0.717, 1.165) is 0 Å². The normalized spacial score (nSPS) is 15.2. The lowest BCUT2D eigenvalue weighted by Gasteiger charge is -2.22. The Hall–Kier alpha value is -3.67. The van der Waals surface area contributed by atoms with Gasteiger partial charge in [0, 0.05) is 18.0 Å². The summed E-state index contributed by atoms with van der Waals surface area (Å²) in [5.41, 5.74) is -1.38. The SMILES string of the molecule is CCOc1cncc(-c2ccc(NC(=O)C(F)(CC)c3cc(NS(=O)(=O)C4CC4)ccn3)nc2)n1. The van der Waals surface area contributed by atoms with Crippen LogP contribution in [0.4, 0.5) is 15.9 Å². The lowest BCUT2D eigenvalue weighted by molar-refractivity contribution is -0.128. The molecule has 35 heavy (non-hydrogen) atoms. The van der Waals surface area contributed by atoms with Gasteiger partial charge in [-0.3, -0.25) is 19.5 Å². The van der Waals surface area contributed by atoms with Crippen molar-refractivity contribution in [1.29, 1.82) is 0 Å². The Balaban J connectivity index is 1.50. The number of amides is 1. The fourth-order valence-corrected chi connectivity index (χ4v) is 4.71. The molecule has 12 heteroatoms. The average Bonchev–Trinajstić information content (AvgIpc) is 3.71. The molecule has 184 valence electrons. The Morgan fingerprint density at radius 3 is 2.63 bits per heavy atom. The van der Waals surface area contributed by atoms with Gasteiger partial charge in [-0.2, -0.15) is 0 Å². The van der Waals surface area contributed by atoms with Crippen LogP contribution in [0.1, 0.15) is 38.8 Å². The predicted octanol–water partition coefficient (Wildman–Crippen LogP) is 3.45. The Kier molecular flexibility index (Phi) is 6.92. The van der Waals surface area contributed by atoms with Crippen LogP contribution in [0.15, 0.2) is 49.1 Å². The molecule has 0 aliphatic heterocycles. The minimum atomic E-state index is -3.54. The van der Waals surface area contributed by atoms with Gasteiger partial charge in [-0.25, -0.2) is 22.8 Å². The van der Waals surface area contributed by atoms with E-state index >= 15 is 4.39 Å². The van der Waals surface area contributed by atoms with Gasteiger partial charge < -0.3 is 10.1 Å². The molecule has 0 spiro atoms. The number of nitrogens with zero attached hydrogens (tertiary/aromatic N) is 4. The molecule has 2 N–H and O–H groups in total. The van der Waals surface area contributed by atoms with E-state index in [2.05, 4.69) is 30.0 Å². The minimum absolute atomic E-state index is 0.133. The number of halogens is 1. The second-order valence-corrected chi connectivity index (χ2v) is 9.95. The quantitative estimate of drug-likeness (QED) is 0.432. The van der Waals surface area contributed by atoms with Crippen molar-refractivity contribution in [1.82, 2.24) is 19.9 Å². The molecule has 3 aromatic rings. The van der Waals surface area contributed by atoms with Crippen molar-refractivity contribution < 1.29 is 22.3 Å². The van der Waals surface area contributed by atoms with Gasteiger partial charge in [0.15, 0.2) is 0 Å². The van der Waals surface area contributed by atoms with Gasteiger partial charge in [0.25, 0.3) is 5.91 Å². The highest BCUT2D eigenvalue weighted by Crippen LogP contribution is 2.33. The van der Waals surface area contributed by atoms with Gasteiger partial charge in [-0.05, 0) is 50.5 Å². The topological polar surface area (TPSA) is 136 Å². The van der Waals surface area contributed by atoms with E-state index in [4.69, 9.17) is 4.74 Å². The summed E-state index contributed by atoms with van der Waals surface area (Å²) in [6.45, 7) is 3.80. The fraction of sp³-hybridized carbons (Fsp3) is 0.348. The van der Waals surface area contributed by atoms with E-state index in [-0.39, 0.29) is 23.6 Å². The number of carbonyl (C=O) groups is 1. The number of hydrogen-bond donors (Lipinski definition) is 2. The highest BCUT2D eigenvalue weighted by molar-refractivity contribution is 7.93. The van der Waals surface area contributed by atoms with Gasteiger partial charge in [-0.15, -0.1) is 0 Å². The van der Waals surface area contributed by atoms with Crippen molar-refractivity contribution in [3.05, 3.63) is 54.7 Å². The van der Waals surface area contributed by atoms with Crippen LogP contribution in [0.25, 0.3) is 11.3 Å². The molecule has 0 aromatic carbocycles. The van der Waals surface area contributed by atoms with Crippen LogP contribution in [0.5, 0.6) is 5.88 Å². The van der Waals surface area contributed by atoms with Crippen molar-refractivity contribution in [2.24, 2.45) is 0 Å². The standard InChI is InChI=1S/C23H25FN6O4S/c1-3-23(24,19-11-16(9-10-26-19)30-35(32,33)17-6-7-17)22(31)29-20-8-5-15(12-27-20)18-13-25-14-21(28-18)34-4-2/h5,8-14,17H,3-4,6-7H2,1-2H3,(H,26,30)(H,27,29,31). The van der Waals surface area contributed by atoms with Gasteiger partial charge in [0.1, 0.15) is 5.82 Å². The van der Waals surface area contributed by atoms with Crippen LogP contribution in [0.2, 0.25) is 0 Å². The Morgan fingerprint density at radius 1 is 1.17 bits per heavy atom. The van der Waals surface area contributed by atoms with Crippen molar-refractivity contribution in [3.63, 3.8) is 0 Å². The number of ether oxygens (including phenoxy) is 1. The number of aromatic nitrogens is 4. The van der Waals surface area contributed by atoms with Crippen LogP contribution in [0.3, 0.4) is 0 Å². The zero-order valence-electron chi connectivity index (χ0n) is 19.2. The molecular formula is C23H25FN6O4S. The maximum Gasteiger partial charge on any atom is 0.269 e. The number of rotatable bonds is 10. The third-order valence-corrected chi connectivity index (χ3v) is 7.31. The minimum Gasteiger partial charge on any atom is -0.477 e. The molecule has 3 heterocycles. The molecule has 4 rings (SSSR count). The van der Waals surface area contributed by atoms with Crippen molar-refractivity contribution in [2.45, 2.75) is 44.0 Å². The van der Waals surface area contributed by atoms with E-state index in [1.165, 1.54) is 43.7 Å². The maximum atomic E-state index is 15.9. The van der Waals surface area contributed by atoms with Crippen molar-refractivity contribution in [2.75, 3.05) is 16.6 Å². The van der Waals surface area contributed by atoms with Crippen LogP contribution in [-0.2, 0) is 20.5 Å². The zero-order valence-corrected chi connectivity index (χ0v) is 20.0. The first-order valence-electron chi connectivity index (χ1n) is 11.1. The fourth-order valence-electron chi connectivity index (χ4n) is 3.33. The number of carbonyl (C=O) groups excluding carboxylic acids is 1. The molecule has 0 radical (unpaired) electrons. The molecule has 1 saturated carbocycles. The summed E-state index contributed by atoms with van der Waals surface area (Å²) in [6.07, 6.45) is 6.76. The molecule has 1 atom stereocenters. The summed E-state index contributed by atoms with van der Waals surface area (Å²) in [5, 5.41) is 2.03. The van der Waals surface area contributed by atoms with Crippen LogP contribution < -0.4 is 14.8 Å². The third-order valence-electron chi connectivity index (χ3n) is 5.44. The summed E-state index contributed by atoms with van der Waals surface area (Å²) >= 11 is 0. The smallest absolute Gasteiger partial charge is 0.269 e. The number of nitrogens with one attached hydrogen (secondary N) is 2. The van der Waals surface area contributed by atoms with Crippen LogP contribution in [-0.4, -0.2) is 46.1 Å². The Bertz CT molecular complexity index is 1320. The van der Waals surface area contributed by atoms with Crippen LogP contribution in [0, 0.1) is 0 Å². The van der Waals surface area contributed by atoms with Crippen LogP contribution >= 0.6 is 0 Å². The first-order chi connectivity index (χ1) is 16.7. The molecule has 10 nitrogen and oxygen atoms in total. The van der Waals surface area contributed by atoms with E-state index in [0.29, 0.717) is 36.6 Å². The van der Waals surface area contributed by atoms with Gasteiger partial charge >= 0.3 is 0 Å². The number of alkyl halides is 1. The van der Waals surface area contributed by atoms with E-state index in [9.17, 15) is 13.2 Å². The van der Waals surface area contributed by atoms with Crippen molar-refractivity contribution in [3.8, 4) is 17.1 Å². The second kappa shape index (κ2) is 9.90. The average molecular weight is 501 g/mol. The lowest BCUT2D eigenvalue weighted by atomic mass is 9.96. The highest BCUT2D eigenvalue weighted by Gasteiger charge is 2.41. The van der Waals surface area contributed by atoms with Crippen molar-refractivity contribution >= 4 is 27.4 Å². The van der Waals surface area contributed by atoms with E-state index in [1.807, 2.05) is 6.92 Å². The molecule has 1 fully saturated rings. The predicted molar refractivity (Wildman–Crippen MR) is 128 cm³/mol. The highest BCUT2D eigenvalue weighted by atomic mass is 32.2. The molecule has 1 unspecified atom stereocenters. The largest absolute Gasteiger partial charge is 0.477 e. The summed E-state index contributed by atoms with van der Waals surface area (Å²) < 4.78 is 48.1. The maximum absolute atomic E-state index is 15.9. The molecule has 1 aliphatic rings. The molecule has 3 aromatic heterocycles. The van der Waals surface area contributed by atoms with Gasteiger partial charge in [0.2, 0.25) is 21.6 Å².